The lowest BCUT2D eigenvalue weighted by molar-refractivity contribution is -0.134. The number of amides is 6. The summed E-state index contributed by atoms with van der Waals surface area (Å²) in [4.78, 5) is 90.1. The maximum atomic E-state index is 13.6. The number of nitrogens with zero attached hydrogens (tertiary/aromatic N) is 5. The van der Waals surface area contributed by atoms with E-state index in [0.717, 1.165) is 173 Å². The normalized spacial score (nSPS) is 20.8. The number of nitrogens with one attached hydrogen (secondary N) is 6. The molecule has 5 fully saturated rings. The molecule has 106 heavy (non-hydrogen) atoms. The maximum Gasteiger partial charge on any atom is 0.251 e. The largest absolute Gasteiger partial charge is 0.350 e. The van der Waals surface area contributed by atoms with Crippen LogP contribution in [-0.4, -0.2) is 201 Å². The molecule has 578 valence electrons. The second-order valence-corrected chi connectivity index (χ2v) is 31.6. The molecule has 0 aromatic heterocycles. The van der Waals surface area contributed by atoms with Crippen molar-refractivity contribution in [3.8, 4) is 0 Å². The van der Waals surface area contributed by atoms with Crippen LogP contribution in [0.25, 0.3) is 32.3 Å². The van der Waals surface area contributed by atoms with Gasteiger partial charge < -0.3 is 62.1 Å². The number of likely N-dealkylation sites (tertiary alicyclic amines) is 2. The Hall–Kier alpha value is -6.62. The van der Waals surface area contributed by atoms with Gasteiger partial charge in [0.2, 0.25) is 17.7 Å². The van der Waals surface area contributed by atoms with Gasteiger partial charge in [-0.15, -0.1) is 0 Å². The van der Waals surface area contributed by atoms with Gasteiger partial charge in [0, 0.05) is 116 Å². The summed E-state index contributed by atoms with van der Waals surface area (Å²) in [6, 6.07) is 32.4. The molecule has 0 radical (unpaired) electrons. The lowest BCUT2D eigenvalue weighted by Gasteiger charge is -2.30. The molecule has 0 spiro atoms. The predicted molar refractivity (Wildman–Crippen MR) is 433 cm³/mol. The molecule has 0 aliphatic carbocycles. The van der Waals surface area contributed by atoms with Crippen molar-refractivity contribution >= 4 is 95.3 Å². The summed E-state index contributed by atoms with van der Waals surface area (Å²) in [5, 5.41) is 26.4. The summed E-state index contributed by atoms with van der Waals surface area (Å²) in [6.07, 6.45) is 18.7. The molecule has 5 aliphatic heterocycles. The number of piperidine rings is 2. The zero-order valence-electron chi connectivity index (χ0n) is 64.0. The Morgan fingerprint density at radius 3 is 1.16 bits per heavy atom. The zero-order valence-corrected chi connectivity index (χ0v) is 66.4. The first kappa shape index (κ1) is 83.4. The van der Waals surface area contributed by atoms with E-state index < -0.39 is 0 Å². The number of benzene rings is 6. The van der Waals surface area contributed by atoms with Crippen molar-refractivity contribution < 1.29 is 33.2 Å². The van der Waals surface area contributed by atoms with Crippen molar-refractivity contribution in [1.29, 1.82) is 0 Å². The van der Waals surface area contributed by atoms with E-state index in [1.54, 1.807) is 24.3 Å². The highest BCUT2D eigenvalue weighted by Gasteiger charge is 2.36. The van der Waals surface area contributed by atoms with Crippen LogP contribution in [0.4, 0.5) is 4.39 Å². The number of carbonyl (C=O) groups is 6. The van der Waals surface area contributed by atoms with Crippen LogP contribution in [0.15, 0.2) is 114 Å². The van der Waals surface area contributed by atoms with E-state index in [4.69, 9.17) is 17.3 Å². The Kier molecular flexibility index (Phi) is 33.8. The summed E-state index contributed by atoms with van der Waals surface area (Å²) in [7, 11) is 0. The van der Waals surface area contributed by atoms with Gasteiger partial charge in [-0.2, -0.15) is 0 Å². The summed E-state index contributed by atoms with van der Waals surface area (Å²) >= 11 is 9.58. The van der Waals surface area contributed by atoms with Crippen LogP contribution < -0.4 is 37.6 Å². The summed E-state index contributed by atoms with van der Waals surface area (Å²) < 4.78 is 14.5. The molecular formula is C85H121BrClFN12O6. The van der Waals surface area contributed by atoms with Crippen molar-refractivity contribution in [2.75, 3.05) is 105 Å². The molecule has 6 atom stereocenters. The summed E-state index contributed by atoms with van der Waals surface area (Å²) in [5.74, 6) is 1.51. The van der Waals surface area contributed by atoms with Crippen molar-refractivity contribution in [1.82, 2.24) is 56.4 Å². The summed E-state index contributed by atoms with van der Waals surface area (Å²) in [5.41, 5.74) is 7.62. The Morgan fingerprint density at radius 1 is 0.453 bits per heavy atom. The molecule has 0 bridgehead atoms. The first-order chi connectivity index (χ1) is 51.4. The van der Waals surface area contributed by atoms with E-state index in [1.165, 1.54) is 50.7 Å². The Morgan fingerprint density at radius 2 is 0.783 bits per heavy atom. The molecule has 11 rings (SSSR count). The zero-order chi connectivity index (χ0) is 75.5. The third-order valence-corrected chi connectivity index (χ3v) is 23.6. The number of hydrogen-bond acceptors (Lipinski definition) is 12. The highest BCUT2D eigenvalue weighted by molar-refractivity contribution is 9.10. The van der Waals surface area contributed by atoms with E-state index >= 15 is 0 Å². The minimum Gasteiger partial charge on any atom is -0.350 e. The number of rotatable bonds is 29. The second-order valence-electron chi connectivity index (χ2n) is 30.2. The summed E-state index contributed by atoms with van der Waals surface area (Å²) in [6.45, 7) is 26.0. The lowest BCUT2D eigenvalue weighted by atomic mass is 10.0. The lowest BCUT2D eigenvalue weighted by Crippen LogP contribution is -2.50. The maximum absolute atomic E-state index is 13.6. The average molecular weight is 1540 g/mol. The van der Waals surface area contributed by atoms with E-state index in [2.05, 4.69) is 109 Å². The molecule has 5 aliphatic rings. The fourth-order valence-corrected chi connectivity index (χ4v) is 16.2. The quantitative estimate of drug-likeness (QED) is 0.0233. The van der Waals surface area contributed by atoms with Crippen LogP contribution in [0.5, 0.6) is 0 Å². The van der Waals surface area contributed by atoms with Gasteiger partial charge in [-0.1, -0.05) is 157 Å². The van der Waals surface area contributed by atoms with Crippen molar-refractivity contribution in [3.63, 3.8) is 0 Å². The molecule has 21 heteroatoms. The van der Waals surface area contributed by atoms with Gasteiger partial charge in [-0.05, 0) is 220 Å². The van der Waals surface area contributed by atoms with Crippen molar-refractivity contribution in [3.05, 3.63) is 141 Å². The number of nitrogens with two attached hydrogens (primary N) is 1. The van der Waals surface area contributed by atoms with Crippen LogP contribution in [0.2, 0.25) is 5.02 Å². The van der Waals surface area contributed by atoms with Gasteiger partial charge >= 0.3 is 0 Å². The van der Waals surface area contributed by atoms with E-state index in [-0.39, 0.29) is 77.5 Å². The highest BCUT2D eigenvalue weighted by atomic mass is 79.9. The van der Waals surface area contributed by atoms with Gasteiger partial charge in [0.05, 0.1) is 18.1 Å². The molecule has 6 aromatic carbocycles. The van der Waals surface area contributed by atoms with Gasteiger partial charge in [0.15, 0.2) is 0 Å². The van der Waals surface area contributed by atoms with E-state index in [0.29, 0.717) is 85.2 Å². The Balaban J connectivity index is 0.000000185. The monoisotopic (exact) mass is 1540 g/mol. The van der Waals surface area contributed by atoms with E-state index in [1.807, 2.05) is 77.7 Å². The molecule has 5 saturated heterocycles. The second kappa shape index (κ2) is 43.0. The third kappa shape index (κ3) is 25.0. The van der Waals surface area contributed by atoms with Crippen LogP contribution >= 0.6 is 27.5 Å². The molecule has 6 amide bonds. The highest BCUT2D eigenvalue weighted by Crippen LogP contribution is 2.26. The standard InChI is InChI=1S/C30H43ClN4O2.C30H43FN4O2.C25H35BrN4O2/c2*1-3-22(4-2)21-35-17-12-27(33-28(30(35)37)13-16-34-14-6-5-7-15-34)20-32-29(36)25-9-8-24-19-26(31)11-10-23(24)18-25;1-3-17(4-2)16-30-12-10-22(29-23(9-11-27)25(30)32)15-28-24(31)20-6-5-19-14-21(26)8-7-18(19)13-20/h2*8-11,18-19,22,27-28,33H,3-7,12-17,20-21H2,1-2H3,(H,32,36);5-8,13-14,17,22-23,29H,3-4,9-12,15-16,27H2,1-2H3,(H,28,31)/t2*27-,28-;22-,23-/m000/s1. The van der Waals surface area contributed by atoms with Crippen LogP contribution in [0.3, 0.4) is 0 Å². The SMILES string of the molecule is CCC(CC)CN1CC[C@@H](CNC(=O)c2ccc3cc(Br)ccc3c2)N[C@@H](CCN)C1=O.CCC(CC)CN1CC[C@@H](CNC(=O)c2ccc3cc(Cl)ccc3c2)N[C@@H](CCN2CCCCC2)C1=O.CCC(CC)CN1CC[C@@H](CNC(=O)c2ccc3cc(F)ccc3c2)N[C@@H](CCN2CCCCC2)C1=O. The van der Waals surface area contributed by atoms with Gasteiger partial charge in [-0.25, -0.2) is 4.39 Å². The van der Waals surface area contributed by atoms with Gasteiger partial charge in [-0.3, -0.25) is 28.8 Å². The van der Waals surface area contributed by atoms with Crippen LogP contribution in [0, 0.1) is 23.6 Å². The van der Waals surface area contributed by atoms with Crippen LogP contribution in [-0.2, 0) is 14.4 Å². The Labute approximate surface area is 643 Å². The Bertz CT molecular complexity index is 3640. The average Bonchev–Trinajstić information content (AvgIpc) is 1.19. The fraction of sp³-hybridized carbons (Fsp3) is 0.576. The molecule has 0 unspecified atom stereocenters. The number of carbonyl (C=O) groups excluding carboxylic acids is 6. The molecule has 6 aromatic rings. The minimum atomic E-state index is -0.294. The number of fused-ring (bicyclic) bond motifs is 3. The molecule has 18 nitrogen and oxygen atoms in total. The first-order valence-corrected chi connectivity index (χ1v) is 41.3. The molecule has 0 saturated carbocycles. The van der Waals surface area contributed by atoms with E-state index in [9.17, 15) is 33.2 Å². The van der Waals surface area contributed by atoms with Crippen molar-refractivity contribution in [2.24, 2.45) is 23.5 Å². The molecule has 5 heterocycles. The number of halogens is 3. The molecule has 8 N–H and O–H groups in total. The van der Waals surface area contributed by atoms with Gasteiger partial charge in [0.1, 0.15) is 5.82 Å². The number of hydrogen-bond donors (Lipinski definition) is 7. The predicted octanol–water partition coefficient (Wildman–Crippen LogP) is 13.4. The van der Waals surface area contributed by atoms with Gasteiger partial charge in [0.25, 0.3) is 17.7 Å². The van der Waals surface area contributed by atoms with Crippen molar-refractivity contribution in [2.45, 2.75) is 193 Å². The first-order valence-electron chi connectivity index (χ1n) is 40.1. The molecular weight excluding hydrogens is 1420 g/mol. The van der Waals surface area contributed by atoms with Crippen LogP contribution in [0.1, 0.15) is 188 Å². The fourth-order valence-electron chi connectivity index (χ4n) is 15.7. The topological polar surface area (TPSA) is 217 Å². The third-order valence-electron chi connectivity index (χ3n) is 22.8. The smallest absolute Gasteiger partial charge is 0.251 e. The minimum absolute atomic E-state index is 0.0283.